The second kappa shape index (κ2) is 6.79. The van der Waals surface area contributed by atoms with Gasteiger partial charge in [0, 0.05) is 5.56 Å². The molecule has 110 valence electrons. The number of aryl methyl sites for hydroxylation is 1. The van der Waals surface area contributed by atoms with E-state index in [1.54, 1.807) is 14.0 Å². The van der Waals surface area contributed by atoms with Crippen LogP contribution in [0.3, 0.4) is 0 Å². The van der Waals surface area contributed by atoms with Crippen LogP contribution in [-0.4, -0.2) is 25.1 Å². The van der Waals surface area contributed by atoms with Crippen LogP contribution < -0.4 is 21.1 Å². The molecule has 6 nitrogen and oxygen atoms in total. The summed E-state index contributed by atoms with van der Waals surface area (Å²) in [7, 11) is 1.58. The Hall–Kier alpha value is -2.24. The van der Waals surface area contributed by atoms with E-state index in [-0.39, 0.29) is 11.9 Å². The Kier molecular flexibility index (Phi) is 5.37. The SMILES string of the molecule is COc1ccc(C)cc1[C@@H](C)NC(=O)[C@H](C)NC(N)=O. The van der Waals surface area contributed by atoms with Crippen molar-refractivity contribution in [3.63, 3.8) is 0 Å². The molecule has 0 heterocycles. The molecule has 0 saturated carbocycles. The number of amides is 3. The van der Waals surface area contributed by atoms with Crippen molar-refractivity contribution in [1.82, 2.24) is 10.6 Å². The standard InChI is InChI=1S/C14H21N3O3/c1-8-5-6-12(20-4)11(7-8)9(2)16-13(18)10(3)17-14(15)19/h5-7,9-10H,1-4H3,(H,16,18)(H3,15,17,19)/t9-,10+/m1/s1. The van der Waals surface area contributed by atoms with Crippen LogP contribution in [0.1, 0.15) is 31.0 Å². The summed E-state index contributed by atoms with van der Waals surface area (Å²) >= 11 is 0. The van der Waals surface area contributed by atoms with Crippen molar-refractivity contribution in [2.75, 3.05) is 7.11 Å². The summed E-state index contributed by atoms with van der Waals surface area (Å²) in [4.78, 5) is 22.7. The molecule has 0 spiro atoms. The van der Waals surface area contributed by atoms with Crippen molar-refractivity contribution in [3.05, 3.63) is 29.3 Å². The van der Waals surface area contributed by atoms with Crippen molar-refractivity contribution < 1.29 is 14.3 Å². The number of nitrogens with two attached hydrogens (primary N) is 1. The molecule has 3 amide bonds. The predicted octanol–water partition coefficient (Wildman–Crippen LogP) is 1.24. The first-order valence-corrected chi connectivity index (χ1v) is 6.36. The average Bonchev–Trinajstić information content (AvgIpc) is 2.37. The number of nitrogens with one attached hydrogen (secondary N) is 2. The smallest absolute Gasteiger partial charge is 0.312 e. The first kappa shape index (κ1) is 15.8. The molecule has 1 aromatic carbocycles. The molecular formula is C14H21N3O3. The third-order valence-electron chi connectivity index (χ3n) is 2.96. The van der Waals surface area contributed by atoms with E-state index in [1.807, 2.05) is 32.0 Å². The molecule has 1 rings (SSSR count). The van der Waals surface area contributed by atoms with Crippen LogP contribution in [0.4, 0.5) is 4.79 Å². The fraction of sp³-hybridized carbons (Fsp3) is 0.429. The molecule has 0 aliphatic heterocycles. The lowest BCUT2D eigenvalue weighted by Gasteiger charge is -2.20. The number of methoxy groups -OCH3 is 1. The van der Waals surface area contributed by atoms with Crippen molar-refractivity contribution in [2.45, 2.75) is 32.9 Å². The third kappa shape index (κ3) is 4.15. The second-order valence-corrected chi connectivity index (χ2v) is 4.71. The number of hydrogen-bond acceptors (Lipinski definition) is 3. The highest BCUT2D eigenvalue weighted by Crippen LogP contribution is 2.25. The van der Waals surface area contributed by atoms with Crippen LogP contribution in [0.15, 0.2) is 18.2 Å². The Balaban J connectivity index is 2.80. The van der Waals surface area contributed by atoms with Crippen LogP contribution in [0.25, 0.3) is 0 Å². The summed E-state index contributed by atoms with van der Waals surface area (Å²) in [6.45, 7) is 5.39. The van der Waals surface area contributed by atoms with Gasteiger partial charge >= 0.3 is 6.03 Å². The average molecular weight is 279 g/mol. The van der Waals surface area contributed by atoms with Gasteiger partial charge in [-0.05, 0) is 26.8 Å². The second-order valence-electron chi connectivity index (χ2n) is 4.71. The largest absolute Gasteiger partial charge is 0.496 e. The molecule has 0 bridgehead atoms. The van der Waals surface area contributed by atoms with Gasteiger partial charge < -0.3 is 21.1 Å². The van der Waals surface area contributed by atoms with Crippen molar-refractivity contribution in [3.8, 4) is 5.75 Å². The lowest BCUT2D eigenvalue weighted by molar-refractivity contribution is -0.123. The molecule has 0 aliphatic carbocycles. The maximum Gasteiger partial charge on any atom is 0.312 e. The molecule has 0 aromatic heterocycles. The number of rotatable bonds is 5. The van der Waals surface area contributed by atoms with Gasteiger partial charge in [0.05, 0.1) is 13.2 Å². The van der Waals surface area contributed by atoms with Crippen LogP contribution >= 0.6 is 0 Å². The van der Waals surface area contributed by atoms with Crippen LogP contribution in [0.5, 0.6) is 5.75 Å². The molecule has 1 aromatic rings. The first-order valence-electron chi connectivity index (χ1n) is 6.36. The zero-order valence-electron chi connectivity index (χ0n) is 12.2. The molecule has 6 heteroatoms. The minimum atomic E-state index is -0.728. The van der Waals surface area contributed by atoms with Gasteiger partial charge in [0.15, 0.2) is 0 Å². The van der Waals surface area contributed by atoms with Crippen molar-refractivity contribution >= 4 is 11.9 Å². The highest BCUT2D eigenvalue weighted by Gasteiger charge is 2.19. The van der Waals surface area contributed by atoms with Crippen molar-refractivity contribution in [1.29, 1.82) is 0 Å². The Morgan fingerprint density at radius 1 is 1.25 bits per heavy atom. The molecular weight excluding hydrogens is 258 g/mol. The summed E-state index contributed by atoms with van der Waals surface area (Å²) < 4.78 is 5.29. The summed E-state index contributed by atoms with van der Waals surface area (Å²) in [5.41, 5.74) is 6.94. The monoisotopic (exact) mass is 279 g/mol. The van der Waals surface area contributed by atoms with Gasteiger partial charge in [0.25, 0.3) is 0 Å². The molecule has 0 unspecified atom stereocenters. The number of carbonyl (C=O) groups is 2. The normalized spacial score (nSPS) is 13.2. The number of carbonyl (C=O) groups excluding carboxylic acids is 2. The molecule has 0 saturated heterocycles. The molecule has 0 radical (unpaired) electrons. The lowest BCUT2D eigenvalue weighted by Crippen LogP contribution is -2.47. The molecule has 4 N–H and O–H groups in total. The Morgan fingerprint density at radius 2 is 1.90 bits per heavy atom. The van der Waals surface area contributed by atoms with E-state index in [9.17, 15) is 9.59 Å². The minimum absolute atomic E-state index is 0.241. The van der Waals surface area contributed by atoms with Crippen LogP contribution in [-0.2, 0) is 4.79 Å². The van der Waals surface area contributed by atoms with Crippen LogP contribution in [0.2, 0.25) is 0 Å². The number of hydrogen-bond donors (Lipinski definition) is 3. The number of ether oxygens (including phenoxy) is 1. The summed E-state index contributed by atoms with van der Waals surface area (Å²) in [5.74, 6) is 0.402. The van der Waals surface area contributed by atoms with Gasteiger partial charge in [-0.25, -0.2) is 4.79 Å². The maximum absolute atomic E-state index is 11.9. The third-order valence-corrected chi connectivity index (χ3v) is 2.96. The van der Waals surface area contributed by atoms with Crippen molar-refractivity contribution in [2.24, 2.45) is 5.73 Å². The lowest BCUT2D eigenvalue weighted by atomic mass is 10.0. The Labute approximate surface area is 118 Å². The zero-order valence-corrected chi connectivity index (χ0v) is 12.2. The van der Waals surface area contributed by atoms with Gasteiger partial charge in [0.2, 0.25) is 5.91 Å². The summed E-state index contributed by atoms with van der Waals surface area (Å²) in [6.07, 6.45) is 0. The Bertz CT molecular complexity index is 502. The van der Waals surface area contributed by atoms with E-state index in [1.165, 1.54) is 0 Å². The summed E-state index contributed by atoms with van der Waals surface area (Å²) in [6, 6.07) is 4.09. The number of primary amides is 1. The van der Waals surface area contributed by atoms with E-state index in [0.717, 1.165) is 11.1 Å². The van der Waals surface area contributed by atoms with Gasteiger partial charge in [-0.2, -0.15) is 0 Å². The maximum atomic E-state index is 11.9. The van der Waals surface area contributed by atoms with E-state index >= 15 is 0 Å². The molecule has 2 atom stereocenters. The molecule has 0 fully saturated rings. The fourth-order valence-corrected chi connectivity index (χ4v) is 1.89. The van der Waals surface area contributed by atoms with E-state index in [4.69, 9.17) is 10.5 Å². The quantitative estimate of drug-likeness (QED) is 0.757. The number of urea groups is 1. The number of benzene rings is 1. The highest BCUT2D eigenvalue weighted by atomic mass is 16.5. The van der Waals surface area contributed by atoms with E-state index in [2.05, 4.69) is 10.6 Å². The van der Waals surface area contributed by atoms with Crippen LogP contribution in [0, 0.1) is 6.92 Å². The van der Waals surface area contributed by atoms with E-state index in [0.29, 0.717) is 5.75 Å². The topological polar surface area (TPSA) is 93.4 Å². The molecule has 20 heavy (non-hydrogen) atoms. The highest BCUT2D eigenvalue weighted by molar-refractivity contribution is 5.86. The zero-order chi connectivity index (χ0) is 15.3. The fourth-order valence-electron chi connectivity index (χ4n) is 1.89. The minimum Gasteiger partial charge on any atom is -0.496 e. The van der Waals surface area contributed by atoms with E-state index < -0.39 is 12.1 Å². The van der Waals surface area contributed by atoms with Gasteiger partial charge in [-0.3, -0.25) is 4.79 Å². The molecule has 0 aliphatic rings. The Morgan fingerprint density at radius 3 is 2.45 bits per heavy atom. The predicted molar refractivity (Wildman–Crippen MR) is 76.5 cm³/mol. The van der Waals surface area contributed by atoms with Gasteiger partial charge in [0.1, 0.15) is 11.8 Å². The van der Waals surface area contributed by atoms with Gasteiger partial charge in [-0.15, -0.1) is 0 Å². The summed E-state index contributed by atoms with van der Waals surface area (Å²) in [5, 5.41) is 5.15. The van der Waals surface area contributed by atoms with Gasteiger partial charge in [-0.1, -0.05) is 17.7 Å². The first-order chi connectivity index (χ1) is 9.35.